The Labute approximate surface area is 138 Å². The number of rotatable bonds is 8. The number of hydrogen-bond donors (Lipinski definition) is 1. The zero-order valence-corrected chi connectivity index (χ0v) is 14.3. The van der Waals surface area contributed by atoms with Crippen molar-refractivity contribution in [1.82, 2.24) is 10.2 Å². The van der Waals surface area contributed by atoms with E-state index in [0.717, 1.165) is 22.1 Å². The average Bonchev–Trinajstić information content (AvgIpc) is 2.98. The minimum atomic E-state index is -0.154. The SMILES string of the molecule is CCCSc1ccccc1C(=O)Nc1nnc(COCC)s1. The third-order valence-electron chi connectivity index (χ3n) is 2.71. The summed E-state index contributed by atoms with van der Waals surface area (Å²) in [5, 5.41) is 12.0. The number of carbonyl (C=O) groups is 1. The largest absolute Gasteiger partial charge is 0.374 e. The topological polar surface area (TPSA) is 64.1 Å². The zero-order chi connectivity index (χ0) is 15.8. The molecule has 2 rings (SSSR count). The van der Waals surface area contributed by atoms with E-state index in [1.54, 1.807) is 11.8 Å². The number of aromatic nitrogens is 2. The van der Waals surface area contributed by atoms with Crippen molar-refractivity contribution in [2.24, 2.45) is 0 Å². The number of benzene rings is 1. The molecular weight excluding hydrogens is 318 g/mol. The lowest BCUT2D eigenvalue weighted by molar-refractivity contribution is 0.102. The van der Waals surface area contributed by atoms with E-state index in [2.05, 4.69) is 22.4 Å². The highest BCUT2D eigenvalue weighted by Crippen LogP contribution is 2.25. The van der Waals surface area contributed by atoms with Crippen molar-refractivity contribution in [3.8, 4) is 0 Å². The number of nitrogens with zero attached hydrogens (tertiary/aromatic N) is 2. The van der Waals surface area contributed by atoms with Crippen molar-refractivity contribution in [3.63, 3.8) is 0 Å². The van der Waals surface area contributed by atoms with Gasteiger partial charge < -0.3 is 4.74 Å². The second kappa shape index (κ2) is 8.87. The van der Waals surface area contributed by atoms with Crippen LogP contribution in [0.5, 0.6) is 0 Å². The van der Waals surface area contributed by atoms with Gasteiger partial charge in [0.2, 0.25) is 5.13 Å². The van der Waals surface area contributed by atoms with E-state index in [9.17, 15) is 4.79 Å². The molecule has 2 aromatic rings. The molecule has 0 fully saturated rings. The predicted molar refractivity (Wildman–Crippen MR) is 90.6 cm³/mol. The zero-order valence-electron chi connectivity index (χ0n) is 12.7. The first-order valence-corrected chi connectivity index (χ1v) is 8.98. The average molecular weight is 337 g/mol. The van der Waals surface area contributed by atoms with Crippen LogP contribution in [0.4, 0.5) is 5.13 Å². The van der Waals surface area contributed by atoms with Crippen molar-refractivity contribution in [2.75, 3.05) is 17.7 Å². The smallest absolute Gasteiger partial charge is 0.258 e. The van der Waals surface area contributed by atoms with Crippen LogP contribution in [-0.4, -0.2) is 28.5 Å². The lowest BCUT2D eigenvalue weighted by atomic mass is 10.2. The molecule has 1 aromatic carbocycles. The Morgan fingerprint density at radius 3 is 2.91 bits per heavy atom. The van der Waals surface area contributed by atoms with Crippen LogP contribution in [0, 0.1) is 0 Å². The van der Waals surface area contributed by atoms with E-state index in [1.165, 1.54) is 11.3 Å². The minimum absolute atomic E-state index is 0.154. The third-order valence-corrected chi connectivity index (χ3v) is 4.80. The van der Waals surface area contributed by atoms with Crippen LogP contribution in [0.15, 0.2) is 29.2 Å². The standard InChI is InChI=1S/C15H19N3O2S2/c1-3-9-21-12-8-6-5-7-11(12)14(19)16-15-18-17-13(22-15)10-20-4-2/h5-8H,3-4,9-10H2,1-2H3,(H,16,18,19). The third kappa shape index (κ3) is 4.79. The molecule has 7 heteroatoms. The first-order valence-electron chi connectivity index (χ1n) is 7.17. The number of anilines is 1. The summed E-state index contributed by atoms with van der Waals surface area (Å²) >= 11 is 3.02. The monoisotopic (exact) mass is 337 g/mol. The van der Waals surface area contributed by atoms with Gasteiger partial charge in [-0.05, 0) is 31.2 Å². The lowest BCUT2D eigenvalue weighted by Crippen LogP contribution is -2.12. The van der Waals surface area contributed by atoms with E-state index < -0.39 is 0 Å². The Morgan fingerprint density at radius 2 is 2.14 bits per heavy atom. The summed E-state index contributed by atoms with van der Waals surface area (Å²) in [6, 6.07) is 7.61. The molecule has 0 bridgehead atoms. The van der Waals surface area contributed by atoms with Crippen LogP contribution in [0.2, 0.25) is 0 Å². The Kier molecular flexibility index (Phi) is 6.82. The number of thioether (sulfide) groups is 1. The van der Waals surface area contributed by atoms with Crippen LogP contribution in [-0.2, 0) is 11.3 Å². The Bertz CT molecular complexity index is 616. The quantitative estimate of drug-likeness (QED) is 0.742. The van der Waals surface area contributed by atoms with Gasteiger partial charge in [0.15, 0.2) is 0 Å². The molecule has 1 amide bonds. The van der Waals surface area contributed by atoms with Crippen LogP contribution in [0.25, 0.3) is 0 Å². The van der Waals surface area contributed by atoms with Gasteiger partial charge in [-0.15, -0.1) is 22.0 Å². The first kappa shape index (κ1) is 16.9. The molecule has 0 aliphatic heterocycles. The molecule has 0 saturated carbocycles. The predicted octanol–water partition coefficient (Wildman–Crippen LogP) is 3.83. The molecule has 1 heterocycles. The number of amides is 1. The van der Waals surface area contributed by atoms with Crippen LogP contribution >= 0.6 is 23.1 Å². The fourth-order valence-corrected chi connectivity index (χ4v) is 3.30. The number of ether oxygens (including phenoxy) is 1. The van der Waals surface area contributed by atoms with Crippen LogP contribution < -0.4 is 5.32 Å². The van der Waals surface area contributed by atoms with E-state index in [1.807, 2.05) is 31.2 Å². The van der Waals surface area contributed by atoms with Crippen molar-refractivity contribution < 1.29 is 9.53 Å². The van der Waals surface area contributed by atoms with Crippen LogP contribution in [0.1, 0.15) is 35.6 Å². The second-order valence-electron chi connectivity index (χ2n) is 4.44. The molecular formula is C15H19N3O2S2. The van der Waals surface area contributed by atoms with Gasteiger partial charge in [-0.1, -0.05) is 30.4 Å². The maximum Gasteiger partial charge on any atom is 0.258 e. The summed E-state index contributed by atoms with van der Waals surface area (Å²) in [5.74, 6) is 0.833. The van der Waals surface area contributed by atoms with E-state index >= 15 is 0 Å². The molecule has 22 heavy (non-hydrogen) atoms. The van der Waals surface area contributed by atoms with Crippen molar-refractivity contribution >= 4 is 34.1 Å². The highest BCUT2D eigenvalue weighted by atomic mass is 32.2. The maximum atomic E-state index is 12.4. The summed E-state index contributed by atoms with van der Waals surface area (Å²) in [6.07, 6.45) is 1.07. The Morgan fingerprint density at radius 1 is 1.32 bits per heavy atom. The fourth-order valence-electron chi connectivity index (χ4n) is 1.71. The molecule has 0 unspecified atom stereocenters. The first-order chi connectivity index (χ1) is 10.7. The van der Waals surface area contributed by atoms with Gasteiger partial charge in [-0.2, -0.15) is 0 Å². The van der Waals surface area contributed by atoms with Crippen molar-refractivity contribution in [1.29, 1.82) is 0 Å². The summed E-state index contributed by atoms with van der Waals surface area (Å²) in [6.45, 7) is 5.10. The Hall–Kier alpha value is -1.44. The van der Waals surface area contributed by atoms with Gasteiger partial charge in [0.25, 0.3) is 5.91 Å². The Balaban J connectivity index is 2.04. The van der Waals surface area contributed by atoms with Crippen molar-refractivity contribution in [3.05, 3.63) is 34.8 Å². The molecule has 0 radical (unpaired) electrons. The van der Waals surface area contributed by atoms with Gasteiger partial charge in [0.05, 0.1) is 5.56 Å². The molecule has 1 aromatic heterocycles. The molecule has 118 valence electrons. The highest BCUT2D eigenvalue weighted by molar-refractivity contribution is 7.99. The molecule has 1 N–H and O–H groups in total. The normalized spacial score (nSPS) is 10.6. The van der Waals surface area contributed by atoms with Gasteiger partial charge in [0, 0.05) is 11.5 Å². The summed E-state index contributed by atoms with van der Waals surface area (Å²) in [7, 11) is 0. The summed E-state index contributed by atoms with van der Waals surface area (Å²) < 4.78 is 5.28. The number of hydrogen-bond acceptors (Lipinski definition) is 6. The maximum absolute atomic E-state index is 12.4. The van der Waals surface area contributed by atoms with Gasteiger partial charge in [-0.3, -0.25) is 10.1 Å². The second-order valence-corrected chi connectivity index (χ2v) is 6.64. The number of carbonyl (C=O) groups excluding carboxylic acids is 1. The lowest BCUT2D eigenvalue weighted by Gasteiger charge is -2.07. The minimum Gasteiger partial charge on any atom is -0.374 e. The van der Waals surface area contributed by atoms with Gasteiger partial charge in [0.1, 0.15) is 11.6 Å². The number of nitrogens with one attached hydrogen (secondary N) is 1. The van der Waals surface area contributed by atoms with Gasteiger partial charge >= 0.3 is 0 Å². The van der Waals surface area contributed by atoms with Crippen LogP contribution in [0.3, 0.4) is 0 Å². The molecule has 0 aliphatic rings. The molecule has 0 spiro atoms. The van der Waals surface area contributed by atoms with Crippen molar-refractivity contribution in [2.45, 2.75) is 31.8 Å². The molecule has 5 nitrogen and oxygen atoms in total. The molecule has 0 saturated heterocycles. The van der Waals surface area contributed by atoms with E-state index in [4.69, 9.17) is 4.74 Å². The van der Waals surface area contributed by atoms with E-state index in [-0.39, 0.29) is 5.91 Å². The summed E-state index contributed by atoms with van der Waals surface area (Å²) in [5.41, 5.74) is 0.669. The van der Waals surface area contributed by atoms with Gasteiger partial charge in [-0.25, -0.2) is 0 Å². The molecule has 0 aliphatic carbocycles. The highest BCUT2D eigenvalue weighted by Gasteiger charge is 2.13. The molecule has 0 atom stereocenters. The summed E-state index contributed by atoms with van der Waals surface area (Å²) in [4.78, 5) is 13.4. The van der Waals surface area contributed by atoms with E-state index in [0.29, 0.717) is 23.9 Å². The fraction of sp³-hybridized carbons (Fsp3) is 0.400.